The first-order valence-corrected chi connectivity index (χ1v) is 7.38. The maximum Gasteiger partial charge on any atom is 0.257 e. The van der Waals surface area contributed by atoms with Crippen molar-refractivity contribution in [3.63, 3.8) is 0 Å². The van der Waals surface area contributed by atoms with Crippen LogP contribution >= 0.6 is 0 Å². The van der Waals surface area contributed by atoms with E-state index in [2.05, 4.69) is 5.32 Å². The van der Waals surface area contributed by atoms with Crippen LogP contribution in [0.3, 0.4) is 0 Å². The lowest BCUT2D eigenvalue weighted by molar-refractivity contribution is 0.0949. The molecule has 5 nitrogen and oxygen atoms in total. The van der Waals surface area contributed by atoms with Gasteiger partial charge in [-0.05, 0) is 18.2 Å². The second-order valence-corrected chi connectivity index (χ2v) is 5.50. The number of nitrogens with two attached hydrogens (primary N) is 1. The van der Waals surface area contributed by atoms with Gasteiger partial charge in [-0.2, -0.15) is 0 Å². The van der Waals surface area contributed by atoms with Gasteiger partial charge in [0.05, 0.1) is 10.9 Å². The molecule has 0 saturated heterocycles. The fourth-order valence-corrected chi connectivity index (χ4v) is 2.63. The third kappa shape index (κ3) is 2.74. The van der Waals surface area contributed by atoms with Gasteiger partial charge in [0.1, 0.15) is 11.4 Å². The van der Waals surface area contributed by atoms with E-state index >= 15 is 0 Å². The molecule has 0 radical (unpaired) electrons. The summed E-state index contributed by atoms with van der Waals surface area (Å²) in [7, 11) is 1.73. The molecule has 0 aliphatic rings. The number of amides is 1. The number of aromatic nitrogens is 1. The molecule has 0 saturated carbocycles. The molecule has 3 rings (SSSR count). The van der Waals surface area contributed by atoms with E-state index in [0.717, 1.165) is 0 Å². The van der Waals surface area contributed by atoms with E-state index < -0.39 is 17.2 Å². The predicted octanol–water partition coefficient (Wildman–Crippen LogP) is 2.19. The van der Waals surface area contributed by atoms with Crippen LogP contribution < -0.4 is 16.5 Å². The number of carbonyl (C=O) groups excluding carboxylic acids is 1. The predicted molar refractivity (Wildman–Crippen MR) is 91.2 cm³/mol. The molecule has 3 N–H and O–H groups in total. The number of pyridine rings is 1. The first-order valence-electron chi connectivity index (χ1n) is 7.38. The molecule has 1 heterocycles. The van der Waals surface area contributed by atoms with Crippen molar-refractivity contribution in [2.45, 2.75) is 6.54 Å². The van der Waals surface area contributed by atoms with Crippen LogP contribution in [0, 0.1) is 5.82 Å². The molecule has 3 aromatic rings. The van der Waals surface area contributed by atoms with Crippen molar-refractivity contribution in [3.05, 3.63) is 75.8 Å². The molecular weight excluding hydrogens is 309 g/mol. The number of halogens is 1. The Morgan fingerprint density at radius 1 is 1.21 bits per heavy atom. The zero-order valence-corrected chi connectivity index (χ0v) is 13.0. The number of anilines is 1. The highest BCUT2D eigenvalue weighted by atomic mass is 19.1. The lowest BCUT2D eigenvalue weighted by Crippen LogP contribution is -2.29. The molecule has 1 aromatic heterocycles. The molecule has 0 aliphatic carbocycles. The molecule has 24 heavy (non-hydrogen) atoms. The van der Waals surface area contributed by atoms with Crippen LogP contribution in [0.2, 0.25) is 0 Å². The summed E-state index contributed by atoms with van der Waals surface area (Å²) in [6.07, 6.45) is 1.46. The molecule has 6 heteroatoms. The first-order chi connectivity index (χ1) is 11.5. The lowest BCUT2D eigenvalue weighted by atomic mass is 10.1. The Morgan fingerprint density at radius 2 is 1.96 bits per heavy atom. The Kier molecular flexibility index (Phi) is 4.04. The molecule has 0 atom stereocenters. The third-order valence-corrected chi connectivity index (χ3v) is 3.89. The summed E-state index contributed by atoms with van der Waals surface area (Å²) in [4.78, 5) is 25.0. The summed E-state index contributed by atoms with van der Waals surface area (Å²) in [5, 5.41) is 2.88. The molecular formula is C18H16FN3O2. The number of nitrogens with one attached hydrogen (secondary N) is 1. The van der Waals surface area contributed by atoms with Crippen LogP contribution in [-0.2, 0) is 13.6 Å². The summed E-state index contributed by atoms with van der Waals surface area (Å²) in [5.41, 5.74) is 6.73. The number of nitrogens with zero attached hydrogens (tertiary/aromatic N) is 1. The van der Waals surface area contributed by atoms with Crippen molar-refractivity contribution in [3.8, 4) is 0 Å². The second-order valence-electron chi connectivity index (χ2n) is 5.50. The van der Waals surface area contributed by atoms with Crippen molar-refractivity contribution in [2.24, 2.45) is 7.05 Å². The summed E-state index contributed by atoms with van der Waals surface area (Å²) in [5.74, 6) is -0.975. The van der Waals surface area contributed by atoms with Crippen LogP contribution in [0.1, 0.15) is 15.9 Å². The third-order valence-electron chi connectivity index (χ3n) is 3.89. The fourth-order valence-electron chi connectivity index (χ4n) is 2.63. The number of fused-ring (bicyclic) bond motifs is 1. The van der Waals surface area contributed by atoms with Crippen molar-refractivity contribution in [1.29, 1.82) is 0 Å². The minimum atomic E-state index is -0.566. The Bertz CT molecular complexity index is 995. The normalized spacial score (nSPS) is 10.8. The van der Waals surface area contributed by atoms with Gasteiger partial charge in [0.25, 0.3) is 5.91 Å². The molecule has 2 aromatic carbocycles. The van der Waals surface area contributed by atoms with Gasteiger partial charge in [-0.1, -0.05) is 24.3 Å². The van der Waals surface area contributed by atoms with Gasteiger partial charge in [-0.25, -0.2) is 4.39 Å². The van der Waals surface area contributed by atoms with Crippen molar-refractivity contribution in [1.82, 2.24) is 9.88 Å². The van der Waals surface area contributed by atoms with Crippen LogP contribution in [0.25, 0.3) is 10.9 Å². The molecule has 0 fully saturated rings. The Hall–Kier alpha value is -3.15. The Balaban J connectivity index is 1.96. The van der Waals surface area contributed by atoms with E-state index in [9.17, 15) is 14.0 Å². The fraction of sp³-hybridized carbons (Fsp3) is 0.111. The summed E-state index contributed by atoms with van der Waals surface area (Å²) in [6.45, 7) is -0.00301. The van der Waals surface area contributed by atoms with Crippen LogP contribution in [-0.4, -0.2) is 10.5 Å². The number of aryl methyl sites for hydroxylation is 1. The molecule has 1 amide bonds. The van der Waals surface area contributed by atoms with E-state index in [1.807, 2.05) is 0 Å². The number of nitrogen functional groups attached to an aromatic ring is 1. The number of hydrogen-bond donors (Lipinski definition) is 2. The van der Waals surface area contributed by atoms with Gasteiger partial charge in [0.2, 0.25) is 5.43 Å². The lowest BCUT2D eigenvalue weighted by Gasteiger charge is -2.11. The Morgan fingerprint density at radius 3 is 2.71 bits per heavy atom. The van der Waals surface area contributed by atoms with Gasteiger partial charge in [-0.3, -0.25) is 9.59 Å². The molecule has 0 unspecified atom stereocenters. The molecule has 122 valence electrons. The molecule has 0 bridgehead atoms. The van der Waals surface area contributed by atoms with E-state index in [4.69, 9.17) is 5.73 Å². The zero-order valence-electron chi connectivity index (χ0n) is 13.0. The van der Waals surface area contributed by atoms with Crippen LogP contribution in [0.4, 0.5) is 10.1 Å². The van der Waals surface area contributed by atoms with Crippen LogP contribution in [0.5, 0.6) is 0 Å². The van der Waals surface area contributed by atoms with E-state index in [1.165, 1.54) is 12.3 Å². The summed E-state index contributed by atoms with van der Waals surface area (Å²) >= 11 is 0. The minimum absolute atomic E-state index is 0.00301. The molecule has 0 aliphatic heterocycles. The highest BCUT2D eigenvalue weighted by Gasteiger charge is 2.16. The zero-order chi connectivity index (χ0) is 17.3. The number of benzene rings is 2. The van der Waals surface area contributed by atoms with E-state index in [1.54, 1.807) is 48.0 Å². The van der Waals surface area contributed by atoms with Gasteiger partial charge < -0.3 is 15.6 Å². The summed E-state index contributed by atoms with van der Waals surface area (Å²) < 4.78 is 15.3. The van der Waals surface area contributed by atoms with Gasteiger partial charge in [0.15, 0.2) is 0 Å². The number of rotatable bonds is 3. The second kappa shape index (κ2) is 6.16. The first kappa shape index (κ1) is 15.7. The van der Waals surface area contributed by atoms with Crippen molar-refractivity contribution < 1.29 is 9.18 Å². The monoisotopic (exact) mass is 325 g/mol. The van der Waals surface area contributed by atoms with Crippen molar-refractivity contribution in [2.75, 3.05) is 5.73 Å². The molecule has 0 spiro atoms. The SMILES string of the molecule is Cn1cc(C(=O)NCc2ccccc2F)c(=O)c2c(N)cccc21. The number of carbonyl (C=O) groups is 1. The average molecular weight is 325 g/mol. The topological polar surface area (TPSA) is 77.1 Å². The van der Waals surface area contributed by atoms with Gasteiger partial charge in [0, 0.05) is 31.0 Å². The van der Waals surface area contributed by atoms with Crippen molar-refractivity contribution >= 4 is 22.5 Å². The maximum atomic E-state index is 13.6. The van der Waals surface area contributed by atoms with E-state index in [-0.39, 0.29) is 12.1 Å². The highest BCUT2D eigenvalue weighted by molar-refractivity contribution is 6.00. The maximum absolute atomic E-state index is 13.6. The number of hydrogen-bond acceptors (Lipinski definition) is 3. The highest BCUT2D eigenvalue weighted by Crippen LogP contribution is 2.17. The minimum Gasteiger partial charge on any atom is -0.398 e. The van der Waals surface area contributed by atoms with Crippen LogP contribution in [0.15, 0.2) is 53.5 Å². The quantitative estimate of drug-likeness (QED) is 0.725. The summed E-state index contributed by atoms with van der Waals surface area (Å²) in [6, 6.07) is 11.3. The average Bonchev–Trinajstić information content (AvgIpc) is 2.57. The standard InChI is InChI=1S/C18H16FN3O2/c1-22-10-12(17(23)16-14(20)7-4-8-15(16)22)18(24)21-9-11-5-2-3-6-13(11)19/h2-8,10H,9,20H2,1H3,(H,21,24). The smallest absolute Gasteiger partial charge is 0.257 e. The van der Waals surface area contributed by atoms with E-state index in [0.29, 0.717) is 22.2 Å². The van der Waals surface area contributed by atoms with Gasteiger partial charge >= 0.3 is 0 Å². The van der Waals surface area contributed by atoms with Gasteiger partial charge in [-0.15, -0.1) is 0 Å². The Labute approximate surface area is 137 Å². The largest absolute Gasteiger partial charge is 0.398 e.